The summed E-state index contributed by atoms with van der Waals surface area (Å²) in [5.74, 6) is 3.88. The molecule has 3 unspecified atom stereocenters. The molecule has 2 saturated carbocycles. The summed E-state index contributed by atoms with van der Waals surface area (Å²) < 4.78 is 0. The molecule has 4 rings (SSSR count). The van der Waals surface area contributed by atoms with E-state index < -0.39 is 0 Å². The Morgan fingerprint density at radius 2 is 2.28 bits per heavy atom. The summed E-state index contributed by atoms with van der Waals surface area (Å²) in [5, 5.41) is 6.81. The first-order valence-electron chi connectivity index (χ1n) is 6.82. The van der Waals surface area contributed by atoms with Crippen LogP contribution < -0.4 is 5.32 Å². The van der Waals surface area contributed by atoms with Crippen LogP contribution in [-0.4, -0.2) is 16.5 Å². The fourth-order valence-corrected chi connectivity index (χ4v) is 4.52. The first-order valence-corrected chi connectivity index (χ1v) is 7.70. The molecule has 2 heterocycles. The molecule has 0 aliphatic heterocycles. The average Bonchev–Trinajstić information content (AvgIpc) is 3.11. The van der Waals surface area contributed by atoms with Crippen molar-refractivity contribution in [2.75, 3.05) is 11.9 Å². The average molecular weight is 259 g/mol. The van der Waals surface area contributed by atoms with Gasteiger partial charge in [-0.05, 0) is 48.5 Å². The molecule has 0 radical (unpaired) electrons. The molecule has 4 heteroatoms. The van der Waals surface area contributed by atoms with E-state index in [-0.39, 0.29) is 0 Å². The molecule has 2 fully saturated rings. The zero-order valence-corrected chi connectivity index (χ0v) is 11.1. The lowest BCUT2D eigenvalue weighted by Crippen LogP contribution is -2.20. The molecule has 0 saturated heterocycles. The van der Waals surface area contributed by atoms with Crippen molar-refractivity contribution < 1.29 is 0 Å². The zero-order valence-electron chi connectivity index (χ0n) is 10.3. The van der Waals surface area contributed by atoms with Crippen LogP contribution in [0.2, 0.25) is 0 Å². The number of hydrogen-bond acceptors (Lipinski definition) is 4. The quantitative estimate of drug-likeness (QED) is 0.916. The number of thiophene rings is 1. The summed E-state index contributed by atoms with van der Waals surface area (Å²) in [4.78, 5) is 9.76. The Morgan fingerprint density at radius 1 is 1.28 bits per heavy atom. The van der Waals surface area contributed by atoms with Gasteiger partial charge in [-0.1, -0.05) is 6.42 Å². The van der Waals surface area contributed by atoms with Crippen LogP contribution in [0.5, 0.6) is 0 Å². The van der Waals surface area contributed by atoms with Crippen LogP contribution in [0.3, 0.4) is 0 Å². The topological polar surface area (TPSA) is 37.8 Å². The molecular weight excluding hydrogens is 242 g/mol. The maximum absolute atomic E-state index is 4.39. The number of fused-ring (bicyclic) bond motifs is 3. The lowest BCUT2D eigenvalue weighted by atomic mass is 9.89. The summed E-state index contributed by atoms with van der Waals surface area (Å²) in [6, 6.07) is 2.11. The number of anilines is 1. The fourth-order valence-electron chi connectivity index (χ4n) is 3.79. The summed E-state index contributed by atoms with van der Waals surface area (Å²) in [6.07, 6.45) is 7.50. The Kier molecular flexibility index (Phi) is 2.50. The molecule has 18 heavy (non-hydrogen) atoms. The third-order valence-electron chi connectivity index (χ3n) is 4.68. The van der Waals surface area contributed by atoms with Crippen LogP contribution in [0, 0.1) is 17.8 Å². The molecule has 3 atom stereocenters. The zero-order chi connectivity index (χ0) is 11.9. The minimum absolute atomic E-state index is 0.868. The van der Waals surface area contributed by atoms with Crippen molar-refractivity contribution in [1.82, 2.24) is 9.97 Å². The predicted molar refractivity (Wildman–Crippen MR) is 74.8 cm³/mol. The van der Waals surface area contributed by atoms with Gasteiger partial charge in [0.2, 0.25) is 0 Å². The molecule has 2 aromatic rings. The van der Waals surface area contributed by atoms with Gasteiger partial charge >= 0.3 is 0 Å². The third kappa shape index (κ3) is 1.70. The number of nitrogens with one attached hydrogen (secondary N) is 1. The second-order valence-electron chi connectivity index (χ2n) is 5.68. The molecule has 0 spiro atoms. The lowest BCUT2D eigenvalue weighted by Gasteiger charge is -2.22. The van der Waals surface area contributed by atoms with Crippen molar-refractivity contribution in [2.24, 2.45) is 17.8 Å². The smallest absolute Gasteiger partial charge is 0.138 e. The Morgan fingerprint density at radius 3 is 3.11 bits per heavy atom. The van der Waals surface area contributed by atoms with E-state index in [1.165, 1.54) is 31.1 Å². The van der Waals surface area contributed by atoms with Gasteiger partial charge in [0.25, 0.3) is 0 Å². The lowest BCUT2D eigenvalue weighted by molar-refractivity contribution is 0.348. The molecule has 2 aromatic heterocycles. The highest BCUT2D eigenvalue weighted by atomic mass is 32.1. The van der Waals surface area contributed by atoms with Gasteiger partial charge in [0.15, 0.2) is 0 Å². The van der Waals surface area contributed by atoms with E-state index in [1.807, 2.05) is 0 Å². The molecule has 94 valence electrons. The Labute approximate surface area is 111 Å². The first kappa shape index (κ1) is 10.7. The van der Waals surface area contributed by atoms with E-state index in [1.54, 1.807) is 17.7 Å². The minimum Gasteiger partial charge on any atom is -0.369 e. The van der Waals surface area contributed by atoms with Gasteiger partial charge in [-0.2, -0.15) is 0 Å². The van der Waals surface area contributed by atoms with Crippen LogP contribution >= 0.6 is 11.3 Å². The minimum atomic E-state index is 0.868. The van der Waals surface area contributed by atoms with E-state index in [9.17, 15) is 0 Å². The van der Waals surface area contributed by atoms with E-state index in [0.717, 1.165) is 34.9 Å². The molecule has 2 aliphatic rings. The number of aromatic nitrogens is 2. The maximum Gasteiger partial charge on any atom is 0.138 e. The van der Waals surface area contributed by atoms with Crippen molar-refractivity contribution in [3.05, 3.63) is 17.8 Å². The molecule has 0 aromatic carbocycles. The predicted octanol–water partition coefficient (Wildman–Crippen LogP) is 3.54. The van der Waals surface area contributed by atoms with E-state index in [4.69, 9.17) is 0 Å². The van der Waals surface area contributed by atoms with Gasteiger partial charge in [-0.3, -0.25) is 0 Å². The normalized spacial score (nSPS) is 30.1. The molecule has 3 nitrogen and oxygen atoms in total. The van der Waals surface area contributed by atoms with Crippen molar-refractivity contribution in [1.29, 1.82) is 0 Å². The third-order valence-corrected chi connectivity index (χ3v) is 5.50. The van der Waals surface area contributed by atoms with E-state index >= 15 is 0 Å². The highest BCUT2D eigenvalue weighted by Gasteiger charge is 2.39. The summed E-state index contributed by atoms with van der Waals surface area (Å²) in [5.41, 5.74) is 0. The molecule has 2 aliphatic carbocycles. The Bertz CT molecular complexity index is 565. The standard InChI is InChI=1S/C14H17N3S/c1-2-10-5-9(1)6-11(10)7-15-13-12-3-4-18-14(12)17-8-16-13/h3-4,8-11H,1-2,5-7H2,(H,15,16,17). The highest BCUT2D eigenvalue weighted by Crippen LogP contribution is 2.48. The second kappa shape index (κ2) is 4.19. The molecular formula is C14H17N3S. The summed E-state index contributed by atoms with van der Waals surface area (Å²) in [6.45, 7) is 1.09. The number of rotatable bonds is 3. The van der Waals surface area contributed by atoms with Crippen LogP contribution in [0.1, 0.15) is 25.7 Å². The van der Waals surface area contributed by atoms with E-state index in [2.05, 4.69) is 26.7 Å². The van der Waals surface area contributed by atoms with Gasteiger partial charge in [-0.15, -0.1) is 11.3 Å². The number of hydrogen-bond donors (Lipinski definition) is 1. The highest BCUT2D eigenvalue weighted by molar-refractivity contribution is 7.16. The molecule has 2 bridgehead atoms. The van der Waals surface area contributed by atoms with E-state index in [0.29, 0.717) is 0 Å². The maximum atomic E-state index is 4.39. The van der Waals surface area contributed by atoms with Crippen molar-refractivity contribution >= 4 is 27.4 Å². The Hall–Kier alpha value is -1.16. The fraction of sp³-hybridized carbons (Fsp3) is 0.571. The van der Waals surface area contributed by atoms with Gasteiger partial charge < -0.3 is 5.32 Å². The SMILES string of the molecule is c1nc(NCC2CC3CCC2C3)c2ccsc2n1. The van der Waals surface area contributed by atoms with Gasteiger partial charge in [0.05, 0.1) is 5.39 Å². The molecule has 1 N–H and O–H groups in total. The van der Waals surface area contributed by atoms with Crippen molar-refractivity contribution in [3.63, 3.8) is 0 Å². The van der Waals surface area contributed by atoms with Crippen LogP contribution in [0.4, 0.5) is 5.82 Å². The largest absolute Gasteiger partial charge is 0.369 e. The monoisotopic (exact) mass is 259 g/mol. The number of nitrogens with zero attached hydrogens (tertiary/aromatic N) is 2. The first-order chi connectivity index (χ1) is 8.90. The Balaban J connectivity index is 1.50. The van der Waals surface area contributed by atoms with Gasteiger partial charge in [-0.25, -0.2) is 9.97 Å². The van der Waals surface area contributed by atoms with Crippen molar-refractivity contribution in [2.45, 2.75) is 25.7 Å². The van der Waals surface area contributed by atoms with Gasteiger partial charge in [0, 0.05) is 6.54 Å². The second-order valence-corrected chi connectivity index (χ2v) is 6.57. The van der Waals surface area contributed by atoms with Crippen molar-refractivity contribution in [3.8, 4) is 0 Å². The summed E-state index contributed by atoms with van der Waals surface area (Å²) in [7, 11) is 0. The van der Waals surface area contributed by atoms with Crippen LogP contribution in [0.15, 0.2) is 17.8 Å². The molecule has 0 amide bonds. The van der Waals surface area contributed by atoms with Crippen LogP contribution in [0.25, 0.3) is 10.2 Å². The van der Waals surface area contributed by atoms with Gasteiger partial charge in [0.1, 0.15) is 17.0 Å². The van der Waals surface area contributed by atoms with Crippen LogP contribution in [-0.2, 0) is 0 Å². The summed E-state index contributed by atoms with van der Waals surface area (Å²) >= 11 is 1.68.